The van der Waals surface area contributed by atoms with E-state index in [1.54, 1.807) is 20.3 Å². The van der Waals surface area contributed by atoms with Crippen molar-refractivity contribution in [2.75, 3.05) is 20.0 Å². The fourth-order valence-corrected chi connectivity index (χ4v) is 3.13. The molecule has 2 aromatic heterocycles. The number of methoxy groups -OCH3 is 2. The number of rotatable bonds is 5. The predicted molar refractivity (Wildman–Crippen MR) is 96.8 cm³/mol. The van der Waals surface area contributed by atoms with Gasteiger partial charge in [-0.05, 0) is 38.1 Å². The lowest BCUT2D eigenvalue weighted by Gasteiger charge is -2.21. The average Bonchev–Trinajstić information content (AvgIpc) is 3.20. The maximum atomic E-state index is 6.33. The van der Waals surface area contributed by atoms with Gasteiger partial charge in [-0.25, -0.2) is 0 Å². The van der Waals surface area contributed by atoms with Gasteiger partial charge >= 0.3 is 0 Å². The Morgan fingerprint density at radius 1 is 0.960 bits per heavy atom. The third-order valence-corrected chi connectivity index (χ3v) is 4.39. The molecule has 3 aromatic rings. The van der Waals surface area contributed by atoms with Gasteiger partial charge in [-0.3, -0.25) is 0 Å². The van der Waals surface area contributed by atoms with Crippen molar-refractivity contribution in [3.8, 4) is 11.5 Å². The molecule has 0 fully saturated rings. The quantitative estimate of drug-likeness (QED) is 0.653. The Balaban J connectivity index is 2.32. The molecule has 0 spiro atoms. The van der Waals surface area contributed by atoms with E-state index in [0.29, 0.717) is 39.3 Å². The molecule has 1 aromatic carbocycles. The number of nitrogens with two attached hydrogens (primary N) is 1. The topological polar surface area (TPSA) is 70.8 Å². The van der Waals surface area contributed by atoms with Crippen LogP contribution in [0.25, 0.3) is 0 Å². The molecular weight excluding hydrogens is 342 g/mol. The van der Waals surface area contributed by atoms with E-state index in [-0.39, 0.29) is 0 Å². The number of hydrogen-bond donors (Lipinski definition) is 1. The van der Waals surface area contributed by atoms with Gasteiger partial charge in [0.1, 0.15) is 29.0 Å². The van der Waals surface area contributed by atoms with E-state index in [0.717, 1.165) is 11.5 Å². The van der Waals surface area contributed by atoms with Crippen LogP contribution >= 0.6 is 11.6 Å². The lowest BCUT2D eigenvalue weighted by molar-refractivity contribution is 0.347. The second kappa shape index (κ2) is 6.76. The van der Waals surface area contributed by atoms with E-state index < -0.39 is 5.92 Å². The molecule has 0 aliphatic carbocycles. The minimum Gasteiger partial charge on any atom is -0.493 e. The van der Waals surface area contributed by atoms with Gasteiger partial charge in [-0.1, -0.05) is 11.6 Å². The van der Waals surface area contributed by atoms with Gasteiger partial charge in [-0.2, -0.15) is 0 Å². The number of nitrogen functional groups attached to an aromatic ring is 1. The van der Waals surface area contributed by atoms with Gasteiger partial charge < -0.3 is 24.0 Å². The van der Waals surface area contributed by atoms with Crippen LogP contribution in [0.5, 0.6) is 11.5 Å². The summed E-state index contributed by atoms with van der Waals surface area (Å²) in [7, 11) is 3.11. The molecule has 0 amide bonds. The molecule has 6 heteroatoms. The fraction of sp³-hybridized carbons (Fsp3) is 0.263. The molecule has 0 aliphatic heterocycles. The van der Waals surface area contributed by atoms with Crippen molar-refractivity contribution in [1.82, 2.24) is 0 Å². The summed E-state index contributed by atoms with van der Waals surface area (Å²) in [6.07, 6.45) is 0. The Labute approximate surface area is 151 Å². The van der Waals surface area contributed by atoms with Crippen LogP contribution in [-0.2, 0) is 0 Å². The third kappa shape index (κ3) is 3.07. The number of halogens is 1. The Kier molecular flexibility index (Phi) is 4.68. The summed E-state index contributed by atoms with van der Waals surface area (Å²) in [6, 6.07) is 9.20. The molecule has 132 valence electrons. The van der Waals surface area contributed by atoms with E-state index >= 15 is 0 Å². The number of anilines is 1. The summed E-state index contributed by atoms with van der Waals surface area (Å²) in [5, 5.41) is 0.379. The monoisotopic (exact) mass is 361 g/mol. The molecule has 0 bridgehead atoms. The maximum absolute atomic E-state index is 6.33. The van der Waals surface area contributed by atoms with Crippen LogP contribution in [-0.4, -0.2) is 14.2 Å². The summed E-state index contributed by atoms with van der Waals surface area (Å²) in [5.74, 6) is 3.52. The number of benzene rings is 1. The SMILES string of the molecule is COc1cc(Cl)c(N)c(C(c2ccc(C)o2)c2ccc(C)o2)c1OC. The highest BCUT2D eigenvalue weighted by Gasteiger charge is 2.31. The van der Waals surface area contributed by atoms with E-state index in [4.69, 9.17) is 35.6 Å². The van der Waals surface area contributed by atoms with Gasteiger partial charge in [0, 0.05) is 11.6 Å². The van der Waals surface area contributed by atoms with Crippen molar-refractivity contribution in [2.45, 2.75) is 19.8 Å². The number of furan rings is 2. The summed E-state index contributed by atoms with van der Waals surface area (Å²) >= 11 is 6.33. The average molecular weight is 362 g/mol. The Morgan fingerprint density at radius 2 is 1.52 bits per heavy atom. The first-order valence-corrected chi connectivity index (χ1v) is 8.16. The van der Waals surface area contributed by atoms with Crippen molar-refractivity contribution in [2.24, 2.45) is 0 Å². The molecule has 0 saturated heterocycles. The van der Waals surface area contributed by atoms with Crippen molar-refractivity contribution in [3.63, 3.8) is 0 Å². The highest BCUT2D eigenvalue weighted by molar-refractivity contribution is 6.33. The third-order valence-electron chi connectivity index (χ3n) is 4.08. The second-order valence-corrected chi connectivity index (χ2v) is 6.16. The van der Waals surface area contributed by atoms with E-state index in [1.165, 1.54) is 0 Å². The lowest BCUT2D eigenvalue weighted by Crippen LogP contribution is -2.09. The van der Waals surface area contributed by atoms with Gasteiger partial charge in [0.25, 0.3) is 0 Å². The zero-order valence-corrected chi connectivity index (χ0v) is 15.3. The first-order chi connectivity index (χ1) is 12.0. The van der Waals surface area contributed by atoms with Crippen molar-refractivity contribution in [1.29, 1.82) is 0 Å². The van der Waals surface area contributed by atoms with Crippen LogP contribution in [0.1, 0.15) is 34.5 Å². The van der Waals surface area contributed by atoms with E-state index in [1.807, 2.05) is 38.1 Å². The smallest absolute Gasteiger partial charge is 0.167 e. The zero-order chi connectivity index (χ0) is 18.1. The molecule has 0 saturated carbocycles. The Morgan fingerprint density at radius 3 is 1.92 bits per heavy atom. The summed E-state index contributed by atoms with van der Waals surface area (Å²) in [4.78, 5) is 0. The largest absolute Gasteiger partial charge is 0.493 e. The predicted octanol–water partition coefficient (Wildman–Crippen LogP) is 4.92. The maximum Gasteiger partial charge on any atom is 0.167 e. The first kappa shape index (κ1) is 17.3. The summed E-state index contributed by atoms with van der Waals surface area (Å²) in [5.41, 5.74) is 7.37. The van der Waals surface area contributed by atoms with Crippen molar-refractivity contribution < 1.29 is 18.3 Å². The van der Waals surface area contributed by atoms with Crippen LogP contribution in [0, 0.1) is 13.8 Å². The molecule has 5 nitrogen and oxygen atoms in total. The molecule has 0 unspecified atom stereocenters. The summed E-state index contributed by atoms with van der Waals surface area (Å²) in [6.45, 7) is 3.76. The normalized spacial score (nSPS) is 11.1. The lowest BCUT2D eigenvalue weighted by atomic mass is 9.91. The van der Waals surface area contributed by atoms with Crippen molar-refractivity contribution >= 4 is 17.3 Å². The van der Waals surface area contributed by atoms with E-state index in [9.17, 15) is 0 Å². The number of ether oxygens (including phenoxy) is 2. The second-order valence-electron chi connectivity index (χ2n) is 5.75. The Bertz CT molecular complexity index is 857. The van der Waals surface area contributed by atoms with Gasteiger partial charge in [0.2, 0.25) is 0 Å². The van der Waals surface area contributed by atoms with Crippen LogP contribution in [0.3, 0.4) is 0 Å². The van der Waals surface area contributed by atoms with Crippen LogP contribution < -0.4 is 15.2 Å². The highest BCUT2D eigenvalue weighted by atomic mass is 35.5. The van der Waals surface area contributed by atoms with Gasteiger partial charge in [0.05, 0.1) is 24.9 Å². The molecule has 2 N–H and O–H groups in total. The van der Waals surface area contributed by atoms with E-state index in [2.05, 4.69) is 0 Å². The first-order valence-electron chi connectivity index (χ1n) is 7.78. The molecule has 3 rings (SSSR count). The van der Waals surface area contributed by atoms with Gasteiger partial charge in [0.15, 0.2) is 11.5 Å². The minimum absolute atomic E-state index is 0.379. The molecule has 2 heterocycles. The molecule has 25 heavy (non-hydrogen) atoms. The fourth-order valence-electron chi connectivity index (χ4n) is 2.93. The molecular formula is C19H20ClNO4. The van der Waals surface area contributed by atoms with Crippen molar-refractivity contribution in [3.05, 3.63) is 64.0 Å². The molecule has 0 atom stereocenters. The Hall–Kier alpha value is -2.53. The number of aryl methyl sites for hydroxylation is 2. The van der Waals surface area contributed by atoms with Gasteiger partial charge in [-0.15, -0.1) is 0 Å². The molecule has 0 radical (unpaired) electrons. The molecule has 0 aliphatic rings. The minimum atomic E-state index is -0.412. The zero-order valence-electron chi connectivity index (χ0n) is 14.6. The van der Waals surface area contributed by atoms with Crippen LogP contribution in [0.4, 0.5) is 5.69 Å². The summed E-state index contributed by atoms with van der Waals surface area (Å²) < 4.78 is 22.8. The van der Waals surface area contributed by atoms with Crippen LogP contribution in [0.15, 0.2) is 39.2 Å². The number of hydrogen-bond acceptors (Lipinski definition) is 5. The highest BCUT2D eigenvalue weighted by Crippen LogP contribution is 2.48. The standard InChI is InChI=1S/C19H20ClNO4/c1-10-5-7-13(24-10)16(14-8-6-11(2)25-14)17-18(21)12(20)9-15(22-3)19(17)23-4/h5-9,16H,21H2,1-4H3. The van der Waals surface area contributed by atoms with Crippen LogP contribution in [0.2, 0.25) is 5.02 Å².